The third-order valence-electron chi connectivity index (χ3n) is 5.21. The summed E-state index contributed by atoms with van der Waals surface area (Å²) >= 11 is 0. The van der Waals surface area contributed by atoms with Gasteiger partial charge in [-0.15, -0.1) is 0 Å². The van der Waals surface area contributed by atoms with E-state index >= 15 is 0 Å². The molecule has 0 aromatic heterocycles. The number of carbonyl (C=O) groups is 2. The predicted octanol–water partition coefficient (Wildman–Crippen LogP) is 4.36. The summed E-state index contributed by atoms with van der Waals surface area (Å²) in [6.45, 7) is -2.81. The van der Waals surface area contributed by atoms with E-state index in [1.165, 1.54) is 25.3 Å². The van der Waals surface area contributed by atoms with Crippen LogP contribution in [0.4, 0.5) is 8.78 Å². The van der Waals surface area contributed by atoms with Crippen LogP contribution < -0.4 is 20.1 Å². The first-order valence-corrected chi connectivity index (χ1v) is 10.8. The second-order valence-electron chi connectivity index (χ2n) is 7.44. The molecule has 0 aliphatic heterocycles. The third-order valence-corrected chi connectivity index (χ3v) is 5.21. The number of hydrogen-bond donors (Lipinski definition) is 2. The van der Waals surface area contributed by atoms with Crippen molar-refractivity contribution in [3.63, 3.8) is 0 Å². The van der Waals surface area contributed by atoms with Crippen molar-refractivity contribution in [3.05, 3.63) is 95.6 Å². The molecule has 178 valence electrons. The lowest BCUT2D eigenvalue weighted by molar-refractivity contribution is -0.120. The first kappa shape index (κ1) is 24.7. The number of halogens is 2. The molecule has 0 atom stereocenters. The highest BCUT2D eigenvalue weighted by molar-refractivity contribution is 5.97. The van der Waals surface area contributed by atoms with E-state index in [1.54, 1.807) is 0 Å². The van der Waals surface area contributed by atoms with Crippen molar-refractivity contribution in [1.29, 1.82) is 0 Å². The zero-order valence-corrected chi connectivity index (χ0v) is 18.7. The van der Waals surface area contributed by atoms with Gasteiger partial charge in [-0.1, -0.05) is 60.7 Å². The fourth-order valence-electron chi connectivity index (χ4n) is 3.58. The Bertz CT molecular complexity index is 1040. The second kappa shape index (κ2) is 12.3. The Balaban J connectivity index is 1.52. The molecule has 2 N–H and O–H groups in total. The SMILES string of the molecule is COc1cc(C(=O)NCC(=O)NCCC(c2ccccc2)c2ccccc2)ccc1OC(F)F. The summed E-state index contributed by atoms with van der Waals surface area (Å²) in [6.07, 6.45) is 0.691. The summed E-state index contributed by atoms with van der Waals surface area (Å²) in [7, 11) is 1.28. The highest BCUT2D eigenvalue weighted by Gasteiger charge is 2.16. The van der Waals surface area contributed by atoms with Crippen LogP contribution in [0.2, 0.25) is 0 Å². The van der Waals surface area contributed by atoms with Gasteiger partial charge in [-0.3, -0.25) is 9.59 Å². The maximum atomic E-state index is 12.4. The molecule has 0 saturated carbocycles. The molecule has 3 aromatic carbocycles. The van der Waals surface area contributed by atoms with Crippen LogP contribution in [0.5, 0.6) is 11.5 Å². The first-order chi connectivity index (χ1) is 16.5. The van der Waals surface area contributed by atoms with Gasteiger partial charge in [-0.2, -0.15) is 8.78 Å². The van der Waals surface area contributed by atoms with Gasteiger partial charge in [-0.05, 0) is 35.7 Å². The van der Waals surface area contributed by atoms with Gasteiger partial charge in [0, 0.05) is 18.0 Å². The van der Waals surface area contributed by atoms with Crippen molar-refractivity contribution in [2.75, 3.05) is 20.2 Å². The van der Waals surface area contributed by atoms with E-state index in [9.17, 15) is 18.4 Å². The second-order valence-corrected chi connectivity index (χ2v) is 7.44. The van der Waals surface area contributed by atoms with Crippen molar-refractivity contribution < 1.29 is 27.8 Å². The molecule has 0 bridgehead atoms. The number of hydrogen-bond acceptors (Lipinski definition) is 4. The highest BCUT2D eigenvalue weighted by Crippen LogP contribution is 2.29. The Morgan fingerprint density at radius 2 is 1.47 bits per heavy atom. The van der Waals surface area contributed by atoms with Gasteiger partial charge >= 0.3 is 6.61 Å². The number of amides is 2. The molecule has 0 fully saturated rings. The number of nitrogens with one attached hydrogen (secondary N) is 2. The Kier molecular flexibility index (Phi) is 8.96. The maximum absolute atomic E-state index is 12.4. The Hall–Kier alpha value is -3.94. The van der Waals surface area contributed by atoms with E-state index in [4.69, 9.17) is 4.74 Å². The summed E-state index contributed by atoms with van der Waals surface area (Å²) < 4.78 is 34.2. The zero-order valence-electron chi connectivity index (χ0n) is 18.7. The van der Waals surface area contributed by atoms with Crippen LogP contribution in [0.1, 0.15) is 33.8 Å². The molecule has 0 unspecified atom stereocenters. The van der Waals surface area contributed by atoms with E-state index in [1.807, 2.05) is 36.4 Å². The van der Waals surface area contributed by atoms with Crippen molar-refractivity contribution >= 4 is 11.8 Å². The molecule has 34 heavy (non-hydrogen) atoms. The topological polar surface area (TPSA) is 76.7 Å². The molecule has 3 aromatic rings. The lowest BCUT2D eigenvalue weighted by Gasteiger charge is -2.18. The van der Waals surface area contributed by atoms with Crippen LogP contribution in [-0.2, 0) is 4.79 Å². The van der Waals surface area contributed by atoms with E-state index < -0.39 is 12.5 Å². The lowest BCUT2D eigenvalue weighted by atomic mass is 9.88. The Morgan fingerprint density at radius 1 is 0.853 bits per heavy atom. The fraction of sp³-hybridized carbons (Fsp3) is 0.231. The molecule has 6 nitrogen and oxygen atoms in total. The quantitative estimate of drug-likeness (QED) is 0.438. The van der Waals surface area contributed by atoms with Crippen LogP contribution in [0.15, 0.2) is 78.9 Å². The molecule has 8 heteroatoms. The maximum Gasteiger partial charge on any atom is 0.387 e. The molecule has 0 aliphatic carbocycles. The van der Waals surface area contributed by atoms with Gasteiger partial charge in [-0.25, -0.2) is 0 Å². The number of alkyl halides is 2. The molecule has 3 rings (SSSR count). The van der Waals surface area contributed by atoms with E-state index in [0.29, 0.717) is 13.0 Å². The smallest absolute Gasteiger partial charge is 0.387 e. The molecule has 2 amide bonds. The van der Waals surface area contributed by atoms with Gasteiger partial charge in [0.05, 0.1) is 13.7 Å². The number of methoxy groups -OCH3 is 1. The summed E-state index contributed by atoms with van der Waals surface area (Å²) in [5.74, 6) is -0.941. The lowest BCUT2D eigenvalue weighted by Crippen LogP contribution is -2.37. The van der Waals surface area contributed by atoms with E-state index in [2.05, 4.69) is 39.6 Å². The molecule has 0 heterocycles. The van der Waals surface area contributed by atoms with E-state index in [0.717, 1.165) is 11.1 Å². The van der Waals surface area contributed by atoms with E-state index in [-0.39, 0.29) is 35.4 Å². The normalized spacial score (nSPS) is 10.7. The van der Waals surface area contributed by atoms with Gasteiger partial charge in [0.25, 0.3) is 5.91 Å². The van der Waals surface area contributed by atoms with Crippen molar-refractivity contribution in [2.24, 2.45) is 0 Å². The predicted molar refractivity (Wildman–Crippen MR) is 124 cm³/mol. The van der Waals surface area contributed by atoms with Crippen LogP contribution in [-0.4, -0.2) is 38.6 Å². The largest absolute Gasteiger partial charge is 0.493 e. The standard InChI is InChI=1S/C26H26F2N2O4/c1-33-23-16-20(12-13-22(23)34-26(27)28)25(32)30-17-24(31)29-15-14-21(18-8-4-2-5-9-18)19-10-6-3-7-11-19/h2-13,16,21,26H,14-15,17H2,1H3,(H,29,31)(H,30,32). The molecular weight excluding hydrogens is 442 g/mol. The molecule has 0 aliphatic rings. The highest BCUT2D eigenvalue weighted by atomic mass is 19.3. The minimum atomic E-state index is -3.01. The number of ether oxygens (including phenoxy) is 2. The van der Waals surface area contributed by atoms with Gasteiger partial charge < -0.3 is 20.1 Å². The molecule has 0 radical (unpaired) electrons. The van der Waals surface area contributed by atoms with Crippen molar-refractivity contribution in [2.45, 2.75) is 19.0 Å². The van der Waals surface area contributed by atoms with Gasteiger partial charge in [0.1, 0.15) is 0 Å². The molecule has 0 spiro atoms. The van der Waals surface area contributed by atoms with Gasteiger partial charge in [0.15, 0.2) is 11.5 Å². The van der Waals surface area contributed by atoms with Crippen LogP contribution in [0.25, 0.3) is 0 Å². The minimum absolute atomic E-state index is 0.00901. The monoisotopic (exact) mass is 468 g/mol. The minimum Gasteiger partial charge on any atom is -0.493 e. The van der Waals surface area contributed by atoms with Crippen molar-refractivity contribution in [1.82, 2.24) is 10.6 Å². The van der Waals surface area contributed by atoms with Gasteiger partial charge in [0.2, 0.25) is 5.91 Å². The first-order valence-electron chi connectivity index (χ1n) is 10.8. The average Bonchev–Trinajstić information content (AvgIpc) is 2.86. The average molecular weight is 469 g/mol. The number of carbonyl (C=O) groups excluding carboxylic acids is 2. The summed E-state index contributed by atoms with van der Waals surface area (Å²) in [6, 6.07) is 23.9. The zero-order chi connectivity index (χ0) is 24.3. The van der Waals surface area contributed by atoms with Crippen molar-refractivity contribution in [3.8, 4) is 11.5 Å². The Morgan fingerprint density at radius 3 is 2.03 bits per heavy atom. The number of rotatable bonds is 11. The third kappa shape index (κ3) is 7.03. The van der Waals surface area contributed by atoms with Crippen LogP contribution >= 0.6 is 0 Å². The molecular formula is C26H26F2N2O4. The Labute approximate surface area is 196 Å². The molecule has 0 saturated heterocycles. The summed E-state index contributed by atoms with van der Waals surface area (Å²) in [5, 5.41) is 5.35. The van der Waals surface area contributed by atoms with Crippen LogP contribution in [0, 0.1) is 0 Å². The number of benzene rings is 3. The summed E-state index contributed by atoms with van der Waals surface area (Å²) in [5.41, 5.74) is 2.47. The van der Waals surface area contributed by atoms with Crippen LogP contribution in [0.3, 0.4) is 0 Å². The summed E-state index contributed by atoms with van der Waals surface area (Å²) in [4.78, 5) is 24.6. The fourth-order valence-corrected chi connectivity index (χ4v) is 3.58.